The third-order valence-electron chi connectivity index (χ3n) is 2.90. The van der Waals surface area contributed by atoms with Crippen molar-refractivity contribution < 1.29 is 19.5 Å². The molecule has 0 rings (SSSR count). The van der Waals surface area contributed by atoms with Crippen LogP contribution >= 0.6 is 11.8 Å². The fraction of sp³-hybridized carbons (Fsp3) is 0.769. The normalized spacial score (nSPS) is 14.2. The monoisotopic (exact) mass is 304 g/mol. The molecule has 7 heteroatoms. The van der Waals surface area contributed by atoms with Crippen LogP contribution in [0.3, 0.4) is 0 Å². The van der Waals surface area contributed by atoms with E-state index in [2.05, 4.69) is 10.6 Å². The van der Waals surface area contributed by atoms with E-state index in [0.29, 0.717) is 0 Å². The minimum atomic E-state index is -1.10. The SMILES string of the molecule is CCC(C)(C)NC(=O)C(C)SCC(NC(C)=O)C(=O)O. The first-order valence-corrected chi connectivity index (χ1v) is 7.57. The highest BCUT2D eigenvalue weighted by atomic mass is 32.2. The van der Waals surface area contributed by atoms with Gasteiger partial charge in [-0.05, 0) is 27.2 Å². The molecular weight excluding hydrogens is 280 g/mol. The van der Waals surface area contributed by atoms with Gasteiger partial charge in [0.2, 0.25) is 11.8 Å². The number of carbonyl (C=O) groups is 3. The quantitative estimate of drug-likeness (QED) is 0.622. The molecule has 20 heavy (non-hydrogen) atoms. The molecule has 116 valence electrons. The van der Waals surface area contributed by atoms with E-state index in [1.165, 1.54) is 18.7 Å². The van der Waals surface area contributed by atoms with E-state index in [9.17, 15) is 14.4 Å². The van der Waals surface area contributed by atoms with Crippen LogP contribution in [0, 0.1) is 0 Å². The van der Waals surface area contributed by atoms with E-state index < -0.39 is 17.9 Å². The van der Waals surface area contributed by atoms with Crippen molar-refractivity contribution in [1.82, 2.24) is 10.6 Å². The molecule has 0 aromatic heterocycles. The minimum Gasteiger partial charge on any atom is -0.480 e. The first-order valence-electron chi connectivity index (χ1n) is 6.52. The van der Waals surface area contributed by atoms with Crippen LogP contribution in [0.4, 0.5) is 0 Å². The maximum Gasteiger partial charge on any atom is 0.327 e. The molecule has 2 atom stereocenters. The average molecular weight is 304 g/mol. The molecule has 0 aliphatic rings. The highest BCUT2D eigenvalue weighted by Gasteiger charge is 2.25. The average Bonchev–Trinajstić information content (AvgIpc) is 2.32. The molecule has 0 saturated carbocycles. The van der Waals surface area contributed by atoms with E-state index in [0.717, 1.165) is 6.42 Å². The second-order valence-corrected chi connectivity index (χ2v) is 6.67. The Kier molecular flexibility index (Phi) is 7.63. The van der Waals surface area contributed by atoms with Gasteiger partial charge in [0.25, 0.3) is 0 Å². The zero-order valence-corrected chi connectivity index (χ0v) is 13.5. The smallest absolute Gasteiger partial charge is 0.327 e. The zero-order valence-electron chi connectivity index (χ0n) is 12.6. The fourth-order valence-corrected chi connectivity index (χ4v) is 2.18. The van der Waals surface area contributed by atoms with Crippen molar-refractivity contribution in [2.75, 3.05) is 5.75 Å². The number of hydrogen-bond donors (Lipinski definition) is 3. The van der Waals surface area contributed by atoms with Crippen LogP contribution in [0.1, 0.15) is 41.0 Å². The van der Waals surface area contributed by atoms with Crippen molar-refractivity contribution in [2.24, 2.45) is 0 Å². The molecule has 0 saturated heterocycles. The van der Waals surface area contributed by atoms with Crippen molar-refractivity contribution in [3.63, 3.8) is 0 Å². The van der Waals surface area contributed by atoms with Crippen LogP contribution in [-0.2, 0) is 14.4 Å². The van der Waals surface area contributed by atoms with Gasteiger partial charge >= 0.3 is 5.97 Å². The number of nitrogens with one attached hydrogen (secondary N) is 2. The molecule has 0 fully saturated rings. The van der Waals surface area contributed by atoms with E-state index >= 15 is 0 Å². The number of hydrogen-bond acceptors (Lipinski definition) is 4. The molecule has 0 heterocycles. The summed E-state index contributed by atoms with van der Waals surface area (Å²) in [4.78, 5) is 33.8. The van der Waals surface area contributed by atoms with Crippen molar-refractivity contribution in [1.29, 1.82) is 0 Å². The fourth-order valence-electron chi connectivity index (χ4n) is 1.26. The van der Waals surface area contributed by atoms with Gasteiger partial charge in [-0.3, -0.25) is 9.59 Å². The Morgan fingerprint density at radius 3 is 2.25 bits per heavy atom. The standard InChI is InChI=1S/C13H24N2O4S/c1-6-13(4,5)15-11(17)8(2)20-7-10(12(18)19)14-9(3)16/h8,10H,6-7H2,1-5H3,(H,14,16)(H,15,17)(H,18,19). The summed E-state index contributed by atoms with van der Waals surface area (Å²) in [5.41, 5.74) is -0.282. The predicted molar refractivity (Wildman–Crippen MR) is 79.7 cm³/mol. The third-order valence-corrected chi connectivity index (χ3v) is 4.14. The van der Waals surface area contributed by atoms with Gasteiger partial charge in [-0.1, -0.05) is 6.92 Å². The molecule has 2 unspecified atom stereocenters. The van der Waals surface area contributed by atoms with Gasteiger partial charge in [0.1, 0.15) is 6.04 Å². The number of amides is 2. The molecule has 2 amide bonds. The number of carboxylic acid groups (broad SMARTS) is 1. The molecule has 0 radical (unpaired) electrons. The predicted octanol–water partition coefficient (Wildman–Crippen LogP) is 1.00. The lowest BCUT2D eigenvalue weighted by Crippen LogP contribution is -2.47. The molecule has 0 bridgehead atoms. The van der Waals surface area contributed by atoms with Crippen molar-refractivity contribution in [3.8, 4) is 0 Å². The Labute approximate surface area is 124 Å². The lowest BCUT2D eigenvalue weighted by molar-refractivity contribution is -0.140. The topological polar surface area (TPSA) is 95.5 Å². The summed E-state index contributed by atoms with van der Waals surface area (Å²) >= 11 is 1.21. The van der Waals surface area contributed by atoms with Gasteiger partial charge in [-0.25, -0.2) is 4.79 Å². The second kappa shape index (κ2) is 8.14. The lowest BCUT2D eigenvalue weighted by atomic mass is 10.0. The van der Waals surface area contributed by atoms with Gasteiger partial charge < -0.3 is 15.7 Å². The molecule has 0 aromatic rings. The first kappa shape index (κ1) is 18.8. The van der Waals surface area contributed by atoms with Gasteiger partial charge in [0.15, 0.2) is 0 Å². The third kappa shape index (κ3) is 7.37. The van der Waals surface area contributed by atoms with Crippen LogP contribution in [0.15, 0.2) is 0 Å². The summed E-state index contributed by atoms with van der Waals surface area (Å²) in [6, 6.07) is -0.980. The summed E-state index contributed by atoms with van der Waals surface area (Å²) in [7, 11) is 0. The summed E-state index contributed by atoms with van der Waals surface area (Å²) in [6.07, 6.45) is 0.805. The Morgan fingerprint density at radius 2 is 1.85 bits per heavy atom. The summed E-state index contributed by atoms with van der Waals surface area (Å²) in [6.45, 7) is 8.83. The number of rotatable bonds is 8. The van der Waals surface area contributed by atoms with Crippen molar-refractivity contribution in [2.45, 2.75) is 57.9 Å². The molecule has 0 aliphatic heterocycles. The number of carbonyl (C=O) groups excluding carboxylic acids is 2. The maximum atomic E-state index is 12.0. The number of thioether (sulfide) groups is 1. The molecular formula is C13H24N2O4S. The van der Waals surface area contributed by atoms with Gasteiger partial charge in [0, 0.05) is 18.2 Å². The first-order chi connectivity index (χ1) is 9.09. The van der Waals surface area contributed by atoms with Crippen LogP contribution < -0.4 is 10.6 Å². The van der Waals surface area contributed by atoms with Gasteiger partial charge in [-0.15, -0.1) is 11.8 Å². The molecule has 0 aliphatic carbocycles. The van der Waals surface area contributed by atoms with Crippen LogP contribution in [-0.4, -0.2) is 45.5 Å². The van der Waals surface area contributed by atoms with Gasteiger partial charge in [-0.2, -0.15) is 0 Å². The van der Waals surface area contributed by atoms with Crippen molar-refractivity contribution >= 4 is 29.5 Å². The van der Waals surface area contributed by atoms with Crippen LogP contribution in [0.2, 0.25) is 0 Å². The molecule has 0 aromatic carbocycles. The summed E-state index contributed by atoms with van der Waals surface area (Å²) < 4.78 is 0. The number of aliphatic carboxylic acids is 1. The Balaban J connectivity index is 4.38. The minimum absolute atomic E-state index is 0.131. The zero-order chi connectivity index (χ0) is 15.9. The number of carboxylic acids is 1. The second-order valence-electron chi connectivity index (χ2n) is 5.29. The molecule has 0 spiro atoms. The van der Waals surface area contributed by atoms with E-state index in [-0.39, 0.29) is 22.4 Å². The van der Waals surface area contributed by atoms with Gasteiger partial charge in [0.05, 0.1) is 5.25 Å². The summed E-state index contributed by atoms with van der Waals surface area (Å²) in [5, 5.41) is 13.8. The lowest BCUT2D eigenvalue weighted by Gasteiger charge is -2.26. The van der Waals surface area contributed by atoms with Crippen LogP contribution in [0.25, 0.3) is 0 Å². The van der Waals surface area contributed by atoms with Crippen molar-refractivity contribution in [3.05, 3.63) is 0 Å². The Hall–Kier alpha value is -1.24. The van der Waals surface area contributed by atoms with E-state index in [1.54, 1.807) is 6.92 Å². The highest BCUT2D eigenvalue weighted by molar-refractivity contribution is 8.00. The van der Waals surface area contributed by atoms with E-state index in [4.69, 9.17) is 5.11 Å². The molecule has 6 nitrogen and oxygen atoms in total. The van der Waals surface area contributed by atoms with E-state index in [1.807, 2.05) is 20.8 Å². The highest BCUT2D eigenvalue weighted by Crippen LogP contribution is 2.15. The Morgan fingerprint density at radius 1 is 1.30 bits per heavy atom. The van der Waals surface area contributed by atoms with Crippen LogP contribution in [0.5, 0.6) is 0 Å². The molecule has 3 N–H and O–H groups in total. The maximum absolute atomic E-state index is 12.0. The Bertz CT molecular complexity index is 371. The summed E-state index contributed by atoms with van der Waals surface area (Å²) in [5.74, 6) is -1.49. The largest absolute Gasteiger partial charge is 0.480 e.